The molecule has 0 amide bonds. The lowest BCUT2D eigenvalue weighted by Crippen LogP contribution is -2.48. The van der Waals surface area contributed by atoms with Gasteiger partial charge in [-0.25, -0.2) is 0 Å². The van der Waals surface area contributed by atoms with Gasteiger partial charge in [0.15, 0.2) is 0 Å². The molecule has 0 aromatic heterocycles. The minimum atomic E-state index is -0.169. The van der Waals surface area contributed by atoms with Crippen molar-refractivity contribution in [1.82, 2.24) is 0 Å². The largest absolute Gasteiger partial charge is 0.462 e. The zero-order chi connectivity index (χ0) is 8.74. The van der Waals surface area contributed by atoms with Gasteiger partial charge in [-0.3, -0.25) is 9.59 Å². The quantitative estimate of drug-likeness (QED) is 0.481. The summed E-state index contributed by atoms with van der Waals surface area (Å²) in [5, 5.41) is 0. The van der Waals surface area contributed by atoms with Crippen molar-refractivity contribution in [2.75, 3.05) is 0 Å². The maximum absolute atomic E-state index is 11.4. The van der Waals surface area contributed by atoms with Gasteiger partial charge in [-0.1, -0.05) is 0 Å². The van der Waals surface area contributed by atoms with Crippen molar-refractivity contribution in [3.63, 3.8) is 0 Å². The van der Waals surface area contributed by atoms with Gasteiger partial charge in [0.2, 0.25) is 0 Å². The summed E-state index contributed by atoms with van der Waals surface area (Å²) in [5.41, 5.74) is 0. The van der Waals surface area contributed by atoms with E-state index >= 15 is 0 Å². The lowest BCUT2D eigenvalue weighted by Gasteiger charge is -2.37. The predicted octanol–water partition coefficient (Wildman–Crippen LogP) is -0.281. The molecule has 68 valence electrons. The zero-order valence-corrected chi connectivity index (χ0v) is 6.80. The van der Waals surface area contributed by atoms with Crippen LogP contribution in [0.3, 0.4) is 0 Å². The molecule has 13 heavy (non-hydrogen) atoms. The predicted molar refractivity (Wildman–Crippen MR) is 38.3 cm³/mol. The van der Waals surface area contributed by atoms with Crippen LogP contribution in [0.5, 0.6) is 0 Å². The molecule has 0 N–H and O–H groups in total. The Labute approximate surface area is 74.2 Å². The molecule has 2 saturated carbocycles. The second kappa shape index (κ2) is 1.61. The molecule has 0 aromatic rings. The van der Waals surface area contributed by atoms with Gasteiger partial charge in [-0.2, -0.15) is 0 Å². The standard InChI is InChI=1S/C9H8O4/c10-8-4-2-1-3(12-8)5-6(4)9(11)13-7(2)5/h2-7H,1H2. The van der Waals surface area contributed by atoms with Crippen molar-refractivity contribution in [3.8, 4) is 0 Å². The fourth-order valence-electron chi connectivity index (χ4n) is 3.71. The summed E-state index contributed by atoms with van der Waals surface area (Å²) in [4.78, 5) is 22.7. The molecule has 6 atom stereocenters. The van der Waals surface area contributed by atoms with Crippen LogP contribution in [0.25, 0.3) is 0 Å². The van der Waals surface area contributed by atoms with Gasteiger partial charge in [0.1, 0.15) is 12.2 Å². The maximum Gasteiger partial charge on any atom is 0.310 e. The molecule has 0 radical (unpaired) electrons. The van der Waals surface area contributed by atoms with Crippen molar-refractivity contribution in [3.05, 3.63) is 0 Å². The second-order valence-corrected chi connectivity index (χ2v) is 4.41. The second-order valence-electron chi connectivity index (χ2n) is 4.41. The van der Waals surface area contributed by atoms with Crippen molar-refractivity contribution in [2.45, 2.75) is 18.6 Å². The molecule has 0 aromatic carbocycles. The van der Waals surface area contributed by atoms with Gasteiger partial charge in [-0.15, -0.1) is 0 Å². The highest BCUT2D eigenvalue weighted by Crippen LogP contribution is 2.62. The monoisotopic (exact) mass is 180 g/mol. The van der Waals surface area contributed by atoms with E-state index in [0.29, 0.717) is 0 Å². The lowest BCUT2D eigenvalue weighted by atomic mass is 9.75. The molecule has 6 unspecified atom stereocenters. The fraction of sp³-hybridized carbons (Fsp3) is 0.778. The third-order valence-corrected chi connectivity index (χ3v) is 4.06. The highest BCUT2D eigenvalue weighted by molar-refractivity contribution is 5.88. The summed E-state index contributed by atoms with van der Waals surface area (Å²) in [7, 11) is 0. The van der Waals surface area contributed by atoms with E-state index in [4.69, 9.17) is 9.47 Å². The van der Waals surface area contributed by atoms with E-state index in [1.54, 1.807) is 0 Å². The summed E-state index contributed by atoms with van der Waals surface area (Å²) < 4.78 is 10.4. The van der Waals surface area contributed by atoms with Gasteiger partial charge in [0, 0.05) is 11.8 Å². The minimum Gasteiger partial charge on any atom is -0.462 e. The molecular formula is C9H8O4. The smallest absolute Gasteiger partial charge is 0.310 e. The minimum absolute atomic E-state index is 0.000972. The third kappa shape index (κ3) is 0.474. The number of carbonyl (C=O) groups excluding carboxylic acids is 2. The van der Waals surface area contributed by atoms with Crippen LogP contribution in [-0.2, 0) is 19.1 Å². The van der Waals surface area contributed by atoms with Crippen LogP contribution in [0.4, 0.5) is 0 Å². The van der Waals surface area contributed by atoms with Crippen LogP contribution in [0, 0.1) is 23.7 Å². The SMILES string of the molecule is O=C1OC2CC3C4OC(=O)C(C13)C24. The molecule has 4 nitrogen and oxygen atoms in total. The van der Waals surface area contributed by atoms with Crippen LogP contribution in [0.15, 0.2) is 0 Å². The summed E-state index contributed by atoms with van der Waals surface area (Å²) in [5.74, 6) is -0.186. The number of fused-ring (bicyclic) bond motifs is 1. The van der Waals surface area contributed by atoms with Gasteiger partial charge in [0.25, 0.3) is 0 Å². The van der Waals surface area contributed by atoms with Crippen molar-refractivity contribution >= 4 is 11.9 Å². The van der Waals surface area contributed by atoms with Crippen molar-refractivity contribution in [2.24, 2.45) is 23.7 Å². The van der Waals surface area contributed by atoms with Crippen LogP contribution in [0.2, 0.25) is 0 Å². The van der Waals surface area contributed by atoms with Crippen LogP contribution < -0.4 is 0 Å². The Morgan fingerprint density at radius 2 is 1.85 bits per heavy atom. The van der Waals surface area contributed by atoms with E-state index in [2.05, 4.69) is 0 Å². The first-order chi connectivity index (χ1) is 6.27. The lowest BCUT2D eigenvalue weighted by molar-refractivity contribution is -0.184. The van der Waals surface area contributed by atoms with Gasteiger partial charge < -0.3 is 9.47 Å². The van der Waals surface area contributed by atoms with Crippen molar-refractivity contribution < 1.29 is 19.1 Å². The molecule has 0 spiro atoms. The number of hydrogen-bond acceptors (Lipinski definition) is 4. The fourth-order valence-corrected chi connectivity index (χ4v) is 3.71. The number of rotatable bonds is 0. The maximum atomic E-state index is 11.4. The number of hydrogen-bond donors (Lipinski definition) is 0. The zero-order valence-electron chi connectivity index (χ0n) is 6.80. The first kappa shape index (κ1) is 6.40. The van der Waals surface area contributed by atoms with E-state index < -0.39 is 0 Å². The summed E-state index contributed by atoms with van der Waals surface area (Å²) in [6, 6.07) is 0. The average Bonchev–Trinajstić information content (AvgIpc) is 2.66. The Morgan fingerprint density at radius 3 is 2.62 bits per heavy atom. The number of ether oxygens (including phenoxy) is 2. The Bertz CT molecular complexity index is 337. The number of carbonyl (C=O) groups is 2. The molecule has 5 rings (SSSR count). The van der Waals surface area contributed by atoms with E-state index in [1.807, 2.05) is 0 Å². The molecule has 6 bridgehead atoms. The van der Waals surface area contributed by atoms with Crippen LogP contribution >= 0.6 is 0 Å². The summed E-state index contributed by atoms with van der Waals surface area (Å²) in [6.45, 7) is 0. The molecule has 5 fully saturated rings. The summed E-state index contributed by atoms with van der Waals surface area (Å²) in [6.07, 6.45) is 0.887. The molecule has 3 heterocycles. The molecular weight excluding hydrogens is 172 g/mol. The Kier molecular flexibility index (Phi) is 0.791. The van der Waals surface area contributed by atoms with Gasteiger partial charge in [0.05, 0.1) is 11.8 Å². The molecule has 3 saturated heterocycles. The van der Waals surface area contributed by atoms with E-state index in [9.17, 15) is 9.59 Å². The average molecular weight is 180 g/mol. The van der Waals surface area contributed by atoms with Crippen LogP contribution in [0.1, 0.15) is 6.42 Å². The molecule has 4 heteroatoms. The molecule has 5 aliphatic rings. The highest BCUT2D eigenvalue weighted by Gasteiger charge is 2.74. The number of esters is 2. The molecule has 2 aliphatic carbocycles. The van der Waals surface area contributed by atoms with Gasteiger partial charge >= 0.3 is 11.9 Å². The van der Waals surface area contributed by atoms with Crippen LogP contribution in [-0.4, -0.2) is 24.1 Å². The first-order valence-electron chi connectivity index (χ1n) is 4.68. The first-order valence-corrected chi connectivity index (χ1v) is 4.68. The Hall–Kier alpha value is -1.06. The Morgan fingerprint density at radius 1 is 1.08 bits per heavy atom. The normalized spacial score (nSPS) is 60.0. The van der Waals surface area contributed by atoms with E-state index in [-0.39, 0.29) is 47.8 Å². The van der Waals surface area contributed by atoms with Crippen molar-refractivity contribution in [1.29, 1.82) is 0 Å². The van der Waals surface area contributed by atoms with E-state index in [0.717, 1.165) is 6.42 Å². The highest BCUT2D eigenvalue weighted by atomic mass is 16.6. The Balaban J connectivity index is 1.92. The van der Waals surface area contributed by atoms with E-state index in [1.165, 1.54) is 0 Å². The topological polar surface area (TPSA) is 52.6 Å². The molecule has 3 aliphatic heterocycles. The summed E-state index contributed by atoms with van der Waals surface area (Å²) >= 11 is 0. The third-order valence-electron chi connectivity index (χ3n) is 4.06. The van der Waals surface area contributed by atoms with Gasteiger partial charge in [-0.05, 0) is 6.42 Å².